The van der Waals surface area contributed by atoms with E-state index in [1.54, 1.807) is 0 Å². The second-order valence-electron chi connectivity index (χ2n) is 7.88. The Morgan fingerprint density at radius 3 is 1.80 bits per heavy atom. The predicted octanol–water partition coefficient (Wildman–Crippen LogP) is 5.17. The summed E-state index contributed by atoms with van der Waals surface area (Å²) < 4.78 is 6.93. The first kappa shape index (κ1) is 19.7. The molecular weight excluding hydrogens is 320 g/mol. The van der Waals surface area contributed by atoms with Crippen LogP contribution in [0.15, 0.2) is 72.8 Å². The monoisotopic (exact) mass is 352 g/mol. The number of benzene rings is 2. The molecule has 0 bridgehead atoms. The summed E-state index contributed by atoms with van der Waals surface area (Å²) in [5, 5.41) is 2.76. The summed E-state index contributed by atoms with van der Waals surface area (Å²) in [6.07, 6.45) is 5.42. The summed E-state index contributed by atoms with van der Waals surface area (Å²) in [5.41, 5.74) is 0. The van der Waals surface area contributed by atoms with Gasteiger partial charge in [-0.1, -0.05) is 101 Å². The summed E-state index contributed by atoms with van der Waals surface area (Å²) in [4.78, 5) is 0. The topological polar surface area (TPSA) is 9.23 Å². The summed E-state index contributed by atoms with van der Waals surface area (Å²) in [6.45, 7) is 12.1. The highest BCUT2D eigenvalue weighted by atomic mass is 28.4. The average molecular weight is 353 g/mol. The minimum atomic E-state index is -2.38. The molecule has 0 saturated carbocycles. The molecule has 0 aliphatic rings. The molecule has 2 heteroatoms. The molecule has 0 spiro atoms. The molecule has 2 rings (SSSR count). The standard InChI is InChI=1S/C23H32OSi/c1-6-7-14-20(2)19-24-25(23(3,4)5,21-15-10-8-11-16-21)22-17-12-9-13-18-22/h6-13,15-18,20H,14,19H2,1-5H3/b7-6+/t20-/m0/s1. The number of allylic oxidation sites excluding steroid dienone is 2. The third kappa shape index (κ3) is 4.50. The number of rotatable bonds is 7. The molecule has 2 aromatic rings. The van der Waals surface area contributed by atoms with E-state index in [2.05, 4.69) is 107 Å². The zero-order chi connectivity index (χ0) is 18.3. The molecule has 0 unspecified atom stereocenters. The lowest BCUT2D eigenvalue weighted by Gasteiger charge is -2.43. The molecule has 25 heavy (non-hydrogen) atoms. The lowest BCUT2D eigenvalue weighted by molar-refractivity contribution is 0.246. The van der Waals surface area contributed by atoms with Crippen molar-refractivity contribution in [3.05, 3.63) is 72.8 Å². The van der Waals surface area contributed by atoms with E-state index in [1.165, 1.54) is 10.4 Å². The first-order valence-corrected chi connectivity index (χ1v) is 11.2. The molecule has 1 atom stereocenters. The van der Waals surface area contributed by atoms with E-state index < -0.39 is 8.32 Å². The lowest BCUT2D eigenvalue weighted by atomic mass is 10.1. The van der Waals surface area contributed by atoms with Crippen molar-refractivity contribution in [1.29, 1.82) is 0 Å². The Morgan fingerprint density at radius 1 is 0.920 bits per heavy atom. The van der Waals surface area contributed by atoms with Crippen molar-refractivity contribution >= 4 is 18.7 Å². The molecule has 1 nitrogen and oxygen atoms in total. The SMILES string of the molecule is C/C=C/C[C@H](C)CO[Si](c1ccccc1)(c1ccccc1)C(C)(C)C. The van der Waals surface area contributed by atoms with Gasteiger partial charge >= 0.3 is 0 Å². The maximum Gasteiger partial charge on any atom is 0.261 e. The maximum atomic E-state index is 6.93. The van der Waals surface area contributed by atoms with Gasteiger partial charge in [-0.05, 0) is 34.7 Å². The Hall–Kier alpha value is -1.64. The Balaban J connectivity index is 2.49. The minimum absolute atomic E-state index is 0.0516. The molecule has 0 amide bonds. The van der Waals surface area contributed by atoms with Crippen LogP contribution in [0.3, 0.4) is 0 Å². The quantitative estimate of drug-likeness (QED) is 0.494. The summed E-state index contributed by atoms with van der Waals surface area (Å²) in [5.74, 6) is 0.512. The van der Waals surface area contributed by atoms with E-state index in [0.29, 0.717) is 5.92 Å². The van der Waals surface area contributed by atoms with E-state index in [0.717, 1.165) is 13.0 Å². The lowest BCUT2D eigenvalue weighted by Crippen LogP contribution is -2.66. The van der Waals surface area contributed by atoms with Gasteiger partial charge in [0.1, 0.15) is 0 Å². The smallest absolute Gasteiger partial charge is 0.261 e. The average Bonchev–Trinajstić information content (AvgIpc) is 2.61. The van der Waals surface area contributed by atoms with Crippen LogP contribution in [0.1, 0.15) is 41.0 Å². The van der Waals surface area contributed by atoms with Gasteiger partial charge in [-0.15, -0.1) is 0 Å². The van der Waals surface area contributed by atoms with Gasteiger partial charge in [0, 0.05) is 6.61 Å². The summed E-state index contributed by atoms with van der Waals surface area (Å²) >= 11 is 0. The Bertz CT molecular complexity index is 616. The van der Waals surface area contributed by atoms with Gasteiger partial charge < -0.3 is 4.43 Å². The van der Waals surface area contributed by atoms with Crippen molar-refractivity contribution in [2.24, 2.45) is 5.92 Å². The van der Waals surface area contributed by atoms with Crippen LogP contribution < -0.4 is 10.4 Å². The first-order valence-electron chi connectivity index (χ1n) is 9.28. The molecule has 0 aromatic heterocycles. The van der Waals surface area contributed by atoms with Gasteiger partial charge in [-0.2, -0.15) is 0 Å². The van der Waals surface area contributed by atoms with E-state index in [1.807, 2.05) is 0 Å². The van der Waals surface area contributed by atoms with E-state index in [4.69, 9.17) is 4.43 Å². The fourth-order valence-corrected chi connectivity index (χ4v) is 8.16. The molecule has 0 aliphatic carbocycles. The fraction of sp³-hybridized carbons (Fsp3) is 0.391. The largest absolute Gasteiger partial charge is 0.407 e. The molecule has 0 fully saturated rings. The van der Waals surface area contributed by atoms with Gasteiger partial charge in [0.25, 0.3) is 8.32 Å². The molecule has 134 valence electrons. The molecule has 0 heterocycles. The van der Waals surface area contributed by atoms with Gasteiger partial charge in [0.05, 0.1) is 0 Å². The van der Waals surface area contributed by atoms with Crippen molar-refractivity contribution in [2.75, 3.05) is 6.61 Å². The van der Waals surface area contributed by atoms with Crippen LogP contribution in [-0.4, -0.2) is 14.9 Å². The van der Waals surface area contributed by atoms with Crippen LogP contribution in [0.2, 0.25) is 5.04 Å². The third-order valence-electron chi connectivity index (χ3n) is 4.78. The highest BCUT2D eigenvalue weighted by Crippen LogP contribution is 2.37. The van der Waals surface area contributed by atoms with Crippen molar-refractivity contribution in [3.8, 4) is 0 Å². The van der Waals surface area contributed by atoms with E-state index >= 15 is 0 Å². The second-order valence-corrected chi connectivity index (χ2v) is 12.2. The highest BCUT2D eigenvalue weighted by molar-refractivity contribution is 6.99. The van der Waals surface area contributed by atoms with Gasteiger partial charge in [-0.25, -0.2) is 0 Å². The molecular formula is C23H32OSi. The number of hydrogen-bond donors (Lipinski definition) is 0. The van der Waals surface area contributed by atoms with Crippen LogP contribution in [0, 0.1) is 5.92 Å². The Morgan fingerprint density at radius 2 is 1.40 bits per heavy atom. The Kier molecular flexibility index (Phi) is 6.80. The second kappa shape index (κ2) is 8.64. The van der Waals surface area contributed by atoms with E-state index in [-0.39, 0.29) is 5.04 Å². The predicted molar refractivity (Wildman–Crippen MR) is 112 cm³/mol. The van der Waals surface area contributed by atoms with Crippen LogP contribution in [0.5, 0.6) is 0 Å². The van der Waals surface area contributed by atoms with Crippen LogP contribution in [0.4, 0.5) is 0 Å². The molecule has 0 saturated heterocycles. The van der Waals surface area contributed by atoms with Crippen molar-refractivity contribution in [1.82, 2.24) is 0 Å². The number of hydrogen-bond acceptors (Lipinski definition) is 1. The van der Waals surface area contributed by atoms with Crippen LogP contribution in [-0.2, 0) is 4.43 Å². The third-order valence-corrected chi connectivity index (χ3v) is 9.78. The summed E-state index contributed by atoms with van der Waals surface area (Å²) in [6, 6.07) is 21.7. The maximum absolute atomic E-state index is 6.93. The van der Waals surface area contributed by atoms with Crippen LogP contribution >= 0.6 is 0 Å². The highest BCUT2D eigenvalue weighted by Gasteiger charge is 2.50. The van der Waals surface area contributed by atoms with Crippen molar-refractivity contribution in [3.63, 3.8) is 0 Å². The minimum Gasteiger partial charge on any atom is -0.407 e. The van der Waals surface area contributed by atoms with E-state index in [9.17, 15) is 0 Å². The zero-order valence-corrected chi connectivity index (χ0v) is 17.3. The molecule has 0 N–H and O–H groups in total. The van der Waals surface area contributed by atoms with Gasteiger partial charge in [0.15, 0.2) is 0 Å². The summed E-state index contributed by atoms with van der Waals surface area (Å²) in [7, 11) is -2.38. The van der Waals surface area contributed by atoms with Crippen molar-refractivity contribution < 1.29 is 4.43 Å². The zero-order valence-electron chi connectivity index (χ0n) is 16.3. The van der Waals surface area contributed by atoms with Gasteiger partial charge in [-0.3, -0.25) is 0 Å². The molecule has 0 radical (unpaired) electrons. The normalized spacial score (nSPS) is 14.0. The molecule has 2 aromatic carbocycles. The Labute approximate surface area is 154 Å². The van der Waals surface area contributed by atoms with Gasteiger partial charge in [0.2, 0.25) is 0 Å². The fourth-order valence-electron chi connectivity index (χ4n) is 3.47. The van der Waals surface area contributed by atoms with Crippen LogP contribution in [0.25, 0.3) is 0 Å². The molecule has 0 aliphatic heterocycles. The van der Waals surface area contributed by atoms with Crippen molar-refractivity contribution in [2.45, 2.75) is 46.1 Å². The first-order chi connectivity index (χ1) is 11.9.